The van der Waals surface area contributed by atoms with Crippen LogP contribution < -0.4 is 0 Å². The largest absolute Gasteiger partial charge is 0.459 e. The summed E-state index contributed by atoms with van der Waals surface area (Å²) in [4.78, 5) is 11.2. The molecule has 0 heterocycles. The minimum absolute atomic E-state index is 0.0641. The second kappa shape index (κ2) is 4.26. The second-order valence-corrected chi connectivity index (χ2v) is 3.64. The van der Waals surface area contributed by atoms with Crippen molar-refractivity contribution in [1.82, 2.24) is 0 Å². The van der Waals surface area contributed by atoms with Gasteiger partial charge in [0.15, 0.2) is 0 Å². The summed E-state index contributed by atoms with van der Waals surface area (Å²) in [6.45, 7) is 7.30. The average molecular weight is 180 g/mol. The number of allylic oxidation sites excluding steroid dienone is 1. The first kappa shape index (κ1) is 10.0. The molecule has 0 aromatic rings. The Bertz CT molecular complexity index is 251. The van der Waals surface area contributed by atoms with Crippen LogP contribution in [0, 0.1) is 0 Å². The first-order valence-electron chi connectivity index (χ1n) is 4.61. The number of hydrogen-bond acceptors (Lipinski definition) is 2. The number of carbonyl (C=O) groups is 1. The van der Waals surface area contributed by atoms with Crippen molar-refractivity contribution in [1.29, 1.82) is 0 Å². The molecule has 1 aliphatic rings. The van der Waals surface area contributed by atoms with Crippen molar-refractivity contribution in [3.05, 3.63) is 23.8 Å². The van der Waals surface area contributed by atoms with Crippen LogP contribution in [0.1, 0.15) is 33.1 Å². The quantitative estimate of drug-likeness (QED) is 0.371. The average Bonchev–Trinajstić information content (AvgIpc) is 2.04. The molecule has 1 rings (SSSR count). The van der Waals surface area contributed by atoms with Crippen LogP contribution >= 0.6 is 0 Å². The van der Waals surface area contributed by atoms with Crippen LogP contribution in [0.2, 0.25) is 0 Å². The summed E-state index contributed by atoms with van der Waals surface area (Å²) in [5, 5.41) is 0. The Morgan fingerprint density at radius 2 is 2.38 bits per heavy atom. The highest BCUT2D eigenvalue weighted by molar-refractivity contribution is 5.87. The number of hydrogen-bond donors (Lipinski definition) is 0. The van der Waals surface area contributed by atoms with Crippen LogP contribution in [-0.4, -0.2) is 12.1 Å². The molecule has 0 N–H and O–H groups in total. The molecule has 13 heavy (non-hydrogen) atoms. The van der Waals surface area contributed by atoms with E-state index in [2.05, 4.69) is 19.6 Å². The Hall–Kier alpha value is -1.05. The molecule has 2 nitrogen and oxygen atoms in total. The second-order valence-electron chi connectivity index (χ2n) is 3.64. The van der Waals surface area contributed by atoms with E-state index in [-0.39, 0.29) is 12.1 Å². The molecular formula is C11H16O2. The highest BCUT2D eigenvalue weighted by Gasteiger charge is 2.17. The highest BCUT2D eigenvalue weighted by Crippen LogP contribution is 2.20. The zero-order chi connectivity index (χ0) is 9.84. The topological polar surface area (TPSA) is 26.3 Å². The summed E-state index contributed by atoms with van der Waals surface area (Å²) >= 11 is 0. The minimum atomic E-state index is -0.264. The molecule has 0 aromatic heterocycles. The Morgan fingerprint density at radius 3 is 2.92 bits per heavy atom. The van der Waals surface area contributed by atoms with Gasteiger partial charge in [-0.15, -0.1) is 0 Å². The normalized spacial score (nSPS) is 22.0. The van der Waals surface area contributed by atoms with Gasteiger partial charge in [0.1, 0.15) is 6.10 Å². The van der Waals surface area contributed by atoms with Crippen LogP contribution in [-0.2, 0) is 9.53 Å². The zero-order valence-electron chi connectivity index (χ0n) is 8.30. The Morgan fingerprint density at radius 1 is 1.69 bits per heavy atom. The first-order chi connectivity index (χ1) is 6.09. The lowest BCUT2D eigenvalue weighted by atomic mass is 9.98. The van der Waals surface area contributed by atoms with Crippen molar-refractivity contribution in [3.63, 3.8) is 0 Å². The molecule has 0 aromatic carbocycles. The highest BCUT2D eigenvalue weighted by atomic mass is 16.5. The maximum atomic E-state index is 11.2. The van der Waals surface area contributed by atoms with Crippen molar-refractivity contribution in [2.24, 2.45) is 0 Å². The summed E-state index contributed by atoms with van der Waals surface area (Å²) in [5.74, 6) is -0.264. The van der Waals surface area contributed by atoms with Gasteiger partial charge < -0.3 is 4.74 Å². The molecule has 0 spiro atoms. The van der Waals surface area contributed by atoms with Gasteiger partial charge in [-0.05, 0) is 26.7 Å². The number of rotatable bonds is 2. The minimum Gasteiger partial charge on any atom is -0.459 e. The molecule has 0 saturated carbocycles. The SMILES string of the molecule is C=C(C)C(=O)OC1CCC=C(C)C1. The molecule has 0 radical (unpaired) electrons. The monoisotopic (exact) mass is 180 g/mol. The van der Waals surface area contributed by atoms with Gasteiger partial charge in [-0.25, -0.2) is 4.79 Å². The van der Waals surface area contributed by atoms with Gasteiger partial charge in [-0.1, -0.05) is 18.2 Å². The molecule has 0 amide bonds. The number of esters is 1. The fourth-order valence-electron chi connectivity index (χ4n) is 1.41. The van der Waals surface area contributed by atoms with Gasteiger partial charge in [0.05, 0.1) is 0 Å². The first-order valence-corrected chi connectivity index (χ1v) is 4.61. The van der Waals surface area contributed by atoms with Gasteiger partial charge in [0, 0.05) is 12.0 Å². The van der Waals surface area contributed by atoms with E-state index in [1.54, 1.807) is 6.92 Å². The van der Waals surface area contributed by atoms with E-state index in [0.29, 0.717) is 5.57 Å². The van der Waals surface area contributed by atoms with E-state index in [4.69, 9.17) is 4.74 Å². The van der Waals surface area contributed by atoms with E-state index in [1.807, 2.05) is 0 Å². The smallest absolute Gasteiger partial charge is 0.333 e. The molecule has 1 atom stereocenters. The number of carbonyl (C=O) groups excluding carboxylic acids is 1. The third kappa shape index (κ3) is 3.05. The Balaban J connectivity index is 2.43. The van der Waals surface area contributed by atoms with E-state index < -0.39 is 0 Å². The summed E-state index contributed by atoms with van der Waals surface area (Å²) in [6, 6.07) is 0. The van der Waals surface area contributed by atoms with Crippen LogP contribution in [0.5, 0.6) is 0 Å². The third-order valence-electron chi connectivity index (χ3n) is 2.15. The molecular weight excluding hydrogens is 164 g/mol. The standard InChI is InChI=1S/C11H16O2/c1-8(2)11(12)13-10-6-4-5-9(3)7-10/h5,10H,1,4,6-7H2,2-3H3. The molecule has 2 heteroatoms. The fraction of sp³-hybridized carbons (Fsp3) is 0.545. The van der Waals surface area contributed by atoms with Gasteiger partial charge in [-0.2, -0.15) is 0 Å². The maximum Gasteiger partial charge on any atom is 0.333 e. The third-order valence-corrected chi connectivity index (χ3v) is 2.15. The number of ether oxygens (including phenoxy) is 1. The van der Waals surface area contributed by atoms with Gasteiger partial charge in [0.2, 0.25) is 0 Å². The van der Waals surface area contributed by atoms with Gasteiger partial charge in [0.25, 0.3) is 0 Å². The van der Waals surface area contributed by atoms with Crippen LogP contribution in [0.25, 0.3) is 0 Å². The predicted octanol–water partition coefficient (Wildman–Crippen LogP) is 2.60. The van der Waals surface area contributed by atoms with Crippen molar-refractivity contribution in [3.8, 4) is 0 Å². The van der Waals surface area contributed by atoms with Gasteiger partial charge >= 0.3 is 5.97 Å². The van der Waals surface area contributed by atoms with E-state index >= 15 is 0 Å². The Kier molecular flexibility index (Phi) is 3.29. The summed E-state index contributed by atoms with van der Waals surface area (Å²) in [6.07, 6.45) is 5.09. The molecule has 0 saturated heterocycles. The zero-order valence-corrected chi connectivity index (χ0v) is 8.30. The molecule has 1 unspecified atom stereocenters. The molecule has 0 bridgehead atoms. The van der Waals surface area contributed by atoms with Gasteiger partial charge in [-0.3, -0.25) is 0 Å². The predicted molar refractivity (Wildman–Crippen MR) is 52.3 cm³/mol. The van der Waals surface area contributed by atoms with Crippen molar-refractivity contribution < 1.29 is 9.53 Å². The van der Waals surface area contributed by atoms with E-state index in [1.165, 1.54) is 5.57 Å². The summed E-state index contributed by atoms with van der Waals surface area (Å²) in [5.41, 5.74) is 1.79. The lowest BCUT2D eigenvalue weighted by Crippen LogP contribution is -2.20. The summed E-state index contributed by atoms with van der Waals surface area (Å²) < 4.78 is 5.24. The fourth-order valence-corrected chi connectivity index (χ4v) is 1.41. The lowest BCUT2D eigenvalue weighted by Gasteiger charge is -2.21. The Labute approximate surface area is 79.3 Å². The molecule has 0 fully saturated rings. The van der Waals surface area contributed by atoms with E-state index in [9.17, 15) is 4.79 Å². The maximum absolute atomic E-state index is 11.2. The molecule has 1 aliphatic carbocycles. The van der Waals surface area contributed by atoms with Crippen molar-refractivity contribution in [2.45, 2.75) is 39.2 Å². The molecule has 72 valence electrons. The van der Waals surface area contributed by atoms with Crippen LogP contribution in [0.15, 0.2) is 23.8 Å². The summed E-state index contributed by atoms with van der Waals surface area (Å²) in [7, 11) is 0. The van der Waals surface area contributed by atoms with E-state index in [0.717, 1.165) is 19.3 Å². The van der Waals surface area contributed by atoms with Crippen molar-refractivity contribution in [2.75, 3.05) is 0 Å². The lowest BCUT2D eigenvalue weighted by molar-refractivity contribution is -0.144. The van der Waals surface area contributed by atoms with Crippen LogP contribution in [0.4, 0.5) is 0 Å². The molecule has 0 aliphatic heterocycles. The van der Waals surface area contributed by atoms with Crippen molar-refractivity contribution >= 4 is 5.97 Å². The van der Waals surface area contributed by atoms with Crippen LogP contribution in [0.3, 0.4) is 0 Å².